The molecule has 2 saturated carbocycles. The topological polar surface area (TPSA) is 29.5 Å². The van der Waals surface area contributed by atoms with Crippen molar-refractivity contribution >= 4 is 51.6 Å². The fraction of sp³-hybridized carbons (Fsp3) is 0.0909. The third-order valence-corrected chi connectivity index (χ3v) is 8.50. The Morgan fingerprint density at radius 1 is 0.605 bits per heavy atom. The van der Waals surface area contributed by atoms with Gasteiger partial charge in [0, 0.05) is 29.8 Å². The van der Waals surface area contributed by atoms with E-state index in [9.17, 15) is 0 Å². The maximum Gasteiger partial charge on any atom is 2.00 e. The zero-order valence-electron chi connectivity index (χ0n) is 21.3. The van der Waals surface area contributed by atoms with Crippen LogP contribution in [0.3, 0.4) is 0 Å². The summed E-state index contributed by atoms with van der Waals surface area (Å²) in [6.07, 6.45) is 18.4. The van der Waals surface area contributed by atoms with Crippen LogP contribution in [0.4, 0.5) is 0 Å². The summed E-state index contributed by atoms with van der Waals surface area (Å²) in [4.78, 5) is 0. The van der Waals surface area contributed by atoms with Gasteiger partial charge in [0.2, 0.25) is 0 Å². The Morgan fingerprint density at radius 2 is 1.05 bits per heavy atom. The van der Waals surface area contributed by atoms with E-state index in [1.165, 1.54) is 27.5 Å². The number of hydrogen-bond donors (Lipinski definition) is 0. The van der Waals surface area contributed by atoms with Gasteiger partial charge in [-0.05, 0) is 98.4 Å². The van der Waals surface area contributed by atoms with Gasteiger partial charge in [0.15, 0.2) is 0 Å². The molecule has 4 aromatic carbocycles. The molecule has 0 bridgehead atoms. The molecule has 2 aliphatic carbocycles. The Morgan fingerprint density at radius 3 is 1.53 bits per heavy atom. The Bertz CT molecular complexity index is 1460. The zero-order valence-corrected chi connectivity index (χ0v) is 23.3. The van der Waals surface area contributed by atoms with Crippen LogP contribution in [-0.4, -0.2) is 13.1 Å². The van der Waals surface area contributed by atoms with E-state index in [0.29, 0.717) is 0 Å². The van der Waals surface area contributed by atoms with Crippen molar-refractivity contribution in [2.45, 2.75) is 13.0 Å². The van der Waals surface area contributed by atoms with Crippen LogP contribution < -0.4 is 4.67 Å². The number of rotatable bonds is 3. The maximum absolute atomic E-state index is 6.65. The van der Waals surface area contributed by atoms with Gasteiger partial charge >= 0.3 is 25.2 Å². The fourth-order valence-electron chi connectivity index (χ4n) is 4.83. The summed E-state index contributed by atoms with van der Waals surface area (Å²) in [7, 11) is 0.725. The van der Waals surface area contributed by atoms with Crippen molar-refractivity contribution in [2.24, 2.45) is 0 Å². The van der Waals surface area contributed by atoms with Crippen LogP contribution in [-0.2, 0) is 17.1 Å². The number of fused-ring (bicyclic) bond motifs is 7. The molecule has 0 N–H and O–H groups in total. The maximum atomic E-state index is 6.65. The molecule has 0 amide bonds. The first-order valence-corrected chi connectivity index (χ1v) is 13.6. The van der Waals surface area contributed by atoms with Crippen molar-refractivity contribution in [3.63, 3.8) is 0 Å². The number of hydrogen-bond acceptors (Lipinski definition) is 3. The molecule has 1 atom stereocenters. The summed E-state index contributed by atoms with van der Waals surface area (Å²) >= 11 is 0. The molecule has 0 saturated heterocycles. The Balaban J connectivity index is 0.000000442. The van der Waals surface area contributed by atoms with Gasteiger partial charge in [0.05, 0.1) is 0 Å². The average Bonchev–Trinajstić information content (AvgIpc) is 3.67. The van der Waals surface area contributed by atoms with Crippen LogP contribution >= 0.6 is 8.16 Å². The predicted molar refractivity (Wildman–Crippen MR) is 157 cm³/mol. The normalized spacial score (nSPS) is 16.6. The van der Waals surface area contributed by atoms with Crippen molar-refractivity contribution in [1.29, 1.82) is 0 Å². The van der Waals surface area contributed by atoms with Gasteiger partial charge in [0.1, 0.15) is 11.2 Å². The second-order valence-electron chi connectivity index (χ2n) is 9.17. The molecule has 2 fully saturated rings. The van der Waals surface area contributed by atoms with Crippen LogP contribution in [0, 0.1) is 63.7 Å². The molecule has 1 heterocycles. The van der Waals surface area contributed by atoms with Gasteiger partial charge < -0.3 is 8.39 Å². The molecule has 0 aliphatic heterocycles. The van der Waals surface area contributed by atoms with E-state index in [-0.39, 0.29) is 23.1 Å². The Labute approximate surface area is 237 Å². The molecule has 0 unspecified atom stereocenters. The standard InChI is InChI=1S/C28H23NO2P.C5H5.Fe/c1-19(20-9-3-4-10-20)29(2)32-30-25-17-15-21-11-5-7-13-23(21)27(25)28-24-14-8-6-12-22(24)16-18-26(28)31-32;1-2-4-5-3-1;/h3-19H,1-2H3;1-5H;/q;;+2/t19-;;/m1../s1. The summed E-state index contributed by atoms with van der Waals surface area (Å²) in [5.41, 5.74) is 1.73. The van der Waals surface area contributed by atoms with Gasteiger partial charge in [-0.1, -0.05) is 60.7 Å². The van der Waals surface area contributed by atoms with E-state index in [2.05, 4.69) is 117 Å². The van der Waals surface area contributed by atoms with Crippen LogP contribution in [0.5, 0.6) is 0 Å². The van der Waals surface area contributed by atoms with Crippen LogP contribution in [0.25, 0.3) is 43.5 Å². The van der Waals surface area contributed by atoms with E-state index in [1.54, 1.807) is 0 Å². The van der Waals surface area contributed by atoms with Gasteiger partial charge in [-0.25, -0.2) is 4.67 Å². The quantitative estimate of drug-likeness (QED) is 0.208. The summed E-state index contributed by atoms with van der Waals surface area (Å²) in [6.45, 7) is 2.19. The molecule has 3 nitrogen and oxygen atoms in total. The first-order chi connectivity index (χ1) is 18.2. The summed E-state index contributed by atoms with van der Waals surface area (Å²) in [5, 5.41) is 6.95. The van der Waals surface area contributed by atoms with Crippen molar-refractivity contribution in [3.05, 3.63) is 137 Å². The average molecular weight is 557 g/mol. The molecular formula is C33H28FeNO2P+2. The summed E-state index contributed by atoms with van der Waals surface area (Å²) < 4.78 is 15.5. The van der Waals surface area contributed by atoms with Crippen molar-refractivity contribution in [1.82, 2.24) is 0 Å². The van der Waals surface area contributed by atoms with Crippen LogP contribution in [0.1, 0.15) is 6.92 Å². The molecule has 7 rings (SSSR count). The number of benzene rings is 4. The van der Waals surface area contributed by atoms with Crippen LogP contribution in [0.15, 0.2) is 81.2 Å². The van der Waals surface area contributed by atoms with E-state index >= 15 is 0 Å². The minimum Gasteiger partial charge on any atom is -0.408 e. The second-order valence-corrected chi connectivity index (χ2v) is 10.6. The summed E-state index contributed by atoms with van der Waals surface area (Å²) in [6, 6.07) is 25.6. The molecule has 1 aromatic heterocycles. The van der Waals surface area contributed by atoms with Crippen molar-refractivity contribution < 1.29 is 25.5 Å². The van der Waals surface area contributed by atoms with E-state index in [4.69, 9.17) is 8.39 Å². The molecule has 5 heteroatoms. The van der Waals surface area contributed by atoms with Gasteiger partial charge in [-0.2, -0.15) is 0 Å². The molecular weight excluding hydrogens is 529 g/mol. The monoisotopic (exact) mass is 557 g/mol. The van der Waals surface area contributed by atoms with Gasteiger partial charge in [0.25, 0.3) is 0 Å². The molecule has 2 aliphatic rings. The molecule has 10 radical (unpaired) electrons. The smallest absolute Gasteiger partial charge is 0.408 e. The van der Waals surface area contributed by atoms with Gasteiger partial charge in [-0.15, -0.1) is 0 Å². The predicted octanol–water partition coefficient (Wildman–Crippen LogP) is 8.98. The van der Waals surface area contributed by atoms with Crippen LogP contribution in [0.2, 0.25) is 0 Å². The minimum atomic E-state index is -1.35. The van der Waals surface area contributed by atoms with Gasteiger partial charge in [-0.3, -0.25) is 0 Å². The third kappa shape index (κ3) is 5.43. The Kier molecular flexibility index (Phi) is 8.86. The van der Waals surface area contributed by atoms with E-state index < -0.39 is 8.16 Å². The van der Waals surface area contributed by atoms with E-state index in [1.807, 2.05) is 32.1 Å². The first kappa shape index (κ1) is 27.4. The molecule has 38 heavy (non-hydrogen) atoms. The zero-order chi connectivity index (χ0) is 25.2. The third-order valence-electron chi connectivity index (χ3n) is 6.93. The first-order valence-electron chi connectivity index (χ1n) is 12.5. The Hall–Kier alpha value is -2.22. The second kappa shape index (κ2) is 12.3. The minimum absolute atomic E-state index is 0. The fourth-order valence-corrected chi connectivity index (χ4v) is 6.18. The van der Waals surface area contributed by atoms with Crippen molar-refractivity contribution in [3.8, 4) is 0 Å². The molecule has 5 aromatic rings. The number of nitrogens with zero attached hydrogens (tertiary/aromatic N) is 1. The summed E-state index contributed by atoms with van der Waals surface area (Å²) in [5.74, 6) is 1.25. The van der Waals surface area contributed by atoms with Crippen molar-refractivity contribution in [2.75, 3.05) is 11.7 Å². The molecule has 0 spiro atoms. The van der Waals surface area contributed by atoms with E-state index in [0.717, 1.165) is 21.9 Å². The largest absolute Gasteiger partial charge is 2.00 e. The molecule has 188 valence electrons. The SMILES string of the molecule is C[C@H]([C]1[CH][CH][CH][CH]1)N(C)p1oc2ccc3ccccc3c2c2c(ccc3ccccc32)o1.[CH]1[CH][CH][CH][CH]1.[Fe+2].